The molecule has 4 heteroatoms. The maximum atomic E-state index is 12.9. The highest BCUT2D eigenvalue weighted by atomic mass is 35.5. The molecule has 1 rings (SSSR count). The Labute approximate surface area is 93.9 Å². The van der Waals surface area contributed by atoms with Gasteiger partial charge in [-0.1, -0.05) is 24.6 Å². The Morgan fingerprint density at radius 3 is 2.67 bits per heavy atom. The van der Waals surface area contributed by atoms with E-state index in [2.05, 4.69) is 0 Å². The largest absolute Gasteiger partial charge is 0.388 e. The number of benzene rings is 1. The summed E-state index contributed by atoms with van der Waals surface area (Å²) in [6.07, 6.45) is 0.0882. The third-order valence-corrected chi connectivity index (χ3v) is 2.85. The summed E-state index contributed by atoms with van der Waals surface area (Å²) in [5.74, 6) is -0.500. The molecule has 0 aromatic heterocycles. The van der Waals surface area contributed by atoms with Crippen LogP contribution in [0.25, 0.3) is 0 Å². The third-order valence-electron chi connectivity index (χ3n) is 2.56. The highest BCUT2D eigenvalue weighted by Crippen LogP contribution is 2.27. The lowest BCUT2D eigenvalue weighted by atomic mass is 9.94. The van der Waals surface area contributed by atoms with Crippen LogP contribution in [0.1, 0.15) is 25.0 Å². The molecular formula is C11H15ClFNO. The molecule has 0 aliphatic rings. The maximum absolute atomic E-state index is 12.9. The van der Waals surface area contributed by atoms with Crippen molar-refractivity contribution in [3.8, 4) is 0 Å². The van der Waals surface area contributed by atoms with Crippen LogP contribution >= 0.6 is 11.6 Å². The zero-order chi connectivity index (χ0) is 11.4. The van der Waals surface area contributed by atoms with Gasteiger partial charge in [0, 0.05) is 5.92 Å². The molecule has 1 aromatic rings. The molecule has 0 bridgehead atoms. The Kier molecular flexibility index (Phi) is 4.51. The smallest absolute Gasteiger partial charge is 0.141 e. The van der Waals surface area contributed by atoms with Gasteiger partial charge in [-0.25, -0.2) is 4.39 Å². The molecule has 84 valence electrons. The van der Waals surface area contributed by atoms with Gasteiger partial charge in [0.15, 0.2) is 0 Å². The van der Waals surface area contributed by atoms with Gasteiger partial charge in [-0.05, 0) is 30.7 Å². The average molecular weight is 232 g/mol. The fourth-order valence-corrected chi connectivity index (χ4v) is 1.68. The van der Waals surface area contributed by atoms with Crippen LogP contribution in [0, 0.1) is 11.7 Å². The number of hydrogen-bond acceptors (Lipinski definition) is 2. The van der Waals surface area contributed by atoms with E-state index in [0.717, 1.165) is 6.42 Å². The number of aliphatic hydroxyl groups excluding tert-OH is 1. The first-order chi connectivity index (χ1) is 7.10. The van der Waals surface area contributed by atoms with Gasteiger partial charge in [-0.3, -0.25) is 0 Å². The van der Waals surface area contributed by atoms with Crippen LogP contribution < -0.4 is 5.73 Å². The van der Waals surface area contributed by atoms with Crippen molar-refractivity contribution in [1.29, 1.82) is 0 Å². The zero-order valence-electron chi connectivity index (χ0n) is 8.58. The monoisotopic (exact) mass is 231 g/mol. The van der Waals surface area contributed by atoms with Crippen molar-refractivity contribution in [1.82, 2.24) is 0 Å². The molecule has 0 aliphatic heterocycles. The van der Waals surface area contributed by atoms with Crippen molar-refractivity contribution >= 4 is 11.6 Å². The topological polar surface area (TPSA) is 46.2 Å². The van der Waals surface area contributed by atoms with Gasteiger partial charge in [0.25, 0.3) is 0 Å². The highest BCUT2D eigenvalue weighted by Gasteiger charge is 2.18. The Hall–Kier alpha value is -0.640. The molecule has 1 aromatic carbocycles. The van der Waals surface area contributed by atoms with Gasteiger partial charge in [0.2, 0.25) is 0 Å². The summed E-state index contributed by atoms with van der Waals surface area (Å²) >= 11 is 5.63. The molecule has 0 spiro atoms. The van der Waals surface area contributed by atoms with Crippen LogP contribution in [0.3, 0.4) is 0 Å². The minimum absolute atomic E-state index is 0.0217. The molecule has 0 amide bonds. The summed E-state index contributed by atoms with van der Waals surface area (Å²) in [5.41, 5.74) is 6.13. The minimum Gasteiger partial charge on any atom is -0.388 e. The van der Waals surface area contributed by atoms with E-state index in [4.69, 9.17) is 17.3 Å². The average Bonchev–Trinajstić information content (AvgIpc) is 2.23. The summed E-state index contributed by atoms with van der Waals surface area (Å²) in [6.45, 7) is 2.35. The first-order valence-electron chi connectivity index (χ1n) is 4.93. The van der Waals surface area contributed by atoms with E-state index < -0.39 is 11.9 Å². The van der Waals surface area contributed by atoms with Crippen molar-refractivity contribution in [2.75, 3.05) is 6.54 Å². The predicted molar refractivity (Wildman–Crippen MR) is 59.2 cm³/mol. The molecule has 0 fully saturated rings. The Bertz CT molecular complexity index is 328. The molecular weight excluding hydrogens is 217 g/mol. The molecule has 0 aliphatic carbocycles. The molecule has 2 unspecified atom stereocenters. The van der Waals surface area contributed by atoms with Gasteiger partial charge in [-0.2, -0.15) is 0 Å². The Morgan fingerprint density at radius 2 is 2.20 bits per heavy atom. The molecule has 0 saturated carbocycles. The Balaban J connectivity index is 2.90. The van der Waals surface area contributed by atoms with E-state index in [1.807, 2.05) is 6.92 Å². The maximum Gasteiger partial charge on any atom is 0.141 e. The second kappa shape index (κ2) is 5.45. The quantitative estimate of drug-likeness (QED) is 0.837. The van der Waals surface area contributed by atoms with Gasteiger partial charge >= 0.3 is 0 Å². The summed E-state index contributed by atoms with van der Waals surface area (Å²) < 4.78 is 12.9. The van der Waals surface area contributed by atoms with E-state index in [1.165, 1.54) is 18.2 Å². The lowest BCUT2D eigenvalue weighted by Gasteiger charge is -2.20. The normalized spacial score (nSPS) is 15.0. The van der Waals surface area contributed by atoms with Crippen LogP contribution in [-0.2, 0) is 0 Å². The van der Waals surface area contributed by atoms with E-state index in [0.29, 0.717) is 12.1 Å². The summed E-state index contributed by atoms with van der Waals surface area (Å²) in [5, 5.41) is 9.96. The number of halogens is 2. The van der Waals surface area contributed by atoms with Crippen molar-refractivity contribution in [2.24, 2.45) is 11.7 Å². The number of aliphatic hydroxyl groups is 1. The lowest BCUT2D eigenvalue weighted by Crippen LogP contribution is -2.21. The van der Waals surface area contributed by atoms with E-state index >= 15 is 0 Å². The van der Waals surface area contributed by atoms with E-state index in [1.54, 1.807) is 0 Å². The number of hydrogen-bond donors (Lipinski definition) is 2. The molecule has 0 saturated heterocycles. The van der Waals surface area contributed by atoms with Crippen molar-refractivity contribution in [3.63, 3.8) is 0 Å². The summed E-state index contributed by atoms with van der Waals surface area (Å²) in [4.78, 5) is 0. The second-order valence-corrected chi connectivity index (χ2v) is 3.93. The molecule has 2 atom stereocenters. The van der Waals surface area contributed by atoms with Gasteiger partial charge in [0.05, 0.1) is 11.1 Å². The minimum atomic E-state index is -0.682. The van der Waals surface area contributed by atoms with Crippen LogP contribution in [-0.4, -0.2) is 11.7 Å². The van der Waals surface area contributed by atoms with Crippen molar-refractivity contribution in [3.05, 3.63) is 34.6 Å². The van der Waals surface area contributed by atoms with Crippen LogP contribution in [0.2, 0.25) is 5.02 Å². The highest BCUT2D eigenvalue weighted by molar-refractivity contribution is 6.30. The molecule has 2 nitrogen and oxygen atoms in total. The molecule has 0 heterocycles. The van der Waals surface area contributed by atoms with E-state index in [9.17, 15) is 9.50 Å². The first-order valence-corrected chi connectivity index (χ1v) is 5.31. The van der Waals surface area contributed by atoms with Gasteiger partial charge in [-0.15, -0.1) is 0 Å². The van der Waals surface area contributed by atoms with Crippen molar-refractivity contribution in [2.45, 2.75) is 19.4 Å². The predicted octanol–water partition coefficient (Wildman–Crippen LogP) is 2.50. The van der Waals surface area contributed by atoms with Crippen LogP contribution in [0.5, 0.6) is 0 Å². The fraction of sp³-hybridized carbons (Fsp3) is 0.455. The first kappa shape index (κ1) is 12.4. The standard InChI is InChI=1S/C11H15ClFNO/c1-2-7(6-14)11(15)8-3-4-10(13)9(12)5-8/h3-5,7,11,15H,2,6,14H2,1H3. The van der Waals surface area contributed by atoms with Crippen LogP contribution in [0.15, 0.2) is 18.2 Å². The zero-order valence-corrected chi connectivity index (χ0v) is 9.34. The SMILES string of the molecule is CCC(CN)C(O)c1ccc(F)c(Cl)c1. The summed E-state index contributed by atoms with van der Waals surface area (Å²) in [6, 6.07) is 4.23. The summed E-state index contributed by atoms with van der Waals surface area (Å²) in [7, 11) is 0. The Morgan fingerprint density at radius 1 is 1.53 bits per heavy atom. The van der Waals surface area contributed by atoms with Crippen molar-refractivity contribution < 1.29 is 9.50 Å². The van der Waals surface area contributed by atoms with E-state index in [-0.39, 0.29) is 10.9 Å². The second-order valence-electron chi connectivity index (χ2n) is 3.52. The molecule has 15 heavy (non-hydrogen) atoms. The van der Waals surface area contributed by atoms with Crippen LogP contribution in [0.4, 0.5) is 4.39 Å². The third kappa shape index (κ3) is 2.91. The fourth-order valence-electron chi connectivity index (χ4n) is 1.49. The van der Waals surface area contributed by atoms with Gasteiger partial charge < -0.3 is 10.8 Å². The lowest BCUT2D eigenvalue weighted by molar-refractivity contribution is 0.110. The molecule has 0 radical (unpaired) electrons. The van der Waals surface area contributed by atoms with Gasteiger partial charge in [0.1, 0.15) is 5.82 Å². The molecule has 3 N–H and O–H groups in total. The number of nitrogens with two attached hydrogens (primary N) is 1. The number of rotatable bonds is 4.